The molecule has 6 nitrogen and oxygen atoms in total. The Morgan fingerprint density at radius 2 is 1.94 bits per heavy atom. The summed E-state index contributed by atoms with van der Waals surface area (Å²) in [6, 6.07) is 15.4. The molecule has 2 amide bonds. The number of rotatable bonds is 4. The number of ether oxygens (including phenoxy) is 1. The van der Waals surface area contributed by atoms with Crippen LogP contribution in [0.2, 0.25) is 0 Å². The maximum atomic E-state index is 13.2. The van der Waals surface area contributed by atoms with E-state index in [1.165, 1.54) is 0 Å². The van der Waals surface area contributed by atoms with Crippen LogP contribution in [0.3, 0.4) is 0 Å². The van der Waals surface area contributed by atoms with Crippen molar-refractivity contribution in [3.05, 3.63) is 59.7 Å². The Bertz CT molecular complexity index is 1040. The van der Waals surface area contributed by atoms with E-state index in [2.05, 4.69) is 22.9 Å². The number of benzene rings is 2. The van der Waals surface area contributed by atoms with Gasteiger partial charge in [0.1, 0.15) is 11.4 Å². The summed E-state index contributed by atoms with van der Waals surface area (Å²) in [5.74, 6) is 1.00. The summed E-state index contributed by atoms with van der Waals surface area (Å²) in [5.41, 5.74) is 1.90. The van der Waals surface area contributed by atoms with E-state index < -0.39 is 5.66 Å². The highest BCUT2D eigenvalue weighted by atomic mass is 16.5. The Balaban J connectivity index is 1.34. The van der Waals surface area contributed by atoms with Crippen molar-refractivity contribution in [2.75, 3.05) is 12.4 Å². The van der Waals surface area contributed by atoms with Gasteiger partial charge in [-0.3, -0.25) is 9.59 Å². The minimum absolute atomic E-state index is 0.0253. The number of carbonyl (C=O) groups is 2. The molecule has 0 radical (unpaired) electrons. The van der Waals surface area contributed by atoms with Crippen molar-refractivity contribution >= 4 is 17.5 Å². The van der Waals surface area contributed by atoms with Crippen LogP contribution in [-0.4, -0.2) is 24.6 Å². The summed E-state index contributed by atoms with van der Waals surface area (Å²) >= 11 is 0. The maximum absolute atomic E-state index is 13.2. The van der Waals surface area contributed by atoms with Crippen LogP contribution in [0.1, 0.15) is 48.5 Å². The number of amides is 2. The quantitative estimate of drug-likeness (QED) is 0.706. The summed E-state index contributed by atoms with van der Waals surface area (Å²) in [5, 5.41) is 10.1. The standard InChI is InChI=1S/C25H29N3O3/c1-24-12-11-17(25(15-24)27-20-9-5-4-8-18(20)22(29)28-25)13-19(24)23(30)26-14-16-7-3-6-10-21(16)31-2/h3-10,17,19,27H,11-15H2,1-2H3,(H,26,30)(H,28,29)/t17-,19-,24+,25+/m1/s1. The number of methoxy groups -OCH3 is 1. The molecule has 1 aliphatic heterocycles. The first-order valence-corrected chi connectivity index (χ1v) is 11.0. The first-order chi connectivity index (χ1) is 14.9. The third kappa shape index (κ3) is 3.25. The van der Waals surface area contributed by atoms with Gasteiger partial charge in [0.25, 0.3) is 5.91 Å². The zero-order valence-corrected chi connectivity index (χ0v) is 18.0. The van der Waals surface area contributed by atoms with Gasteiger partial charge >= 0.3 is 0 Å². The van der Waals surface area contributed by atoms with E-state index in [9.17, 15) is 9.59 Å². The first-order valence-electron chi connectivity index (χ1n) is 11.0. The molecule has 4 atom stereocenters. The van der Waals surface area contributed by atoms with E-state index in [-0.39, 0.29) is 29.1 Å². The van der Waals surface area contributed by atoms with Crippen LogP contribution < -0.4 is 20.7 Å². The van der Waals surface area contributed by atoms with Gasteiger partial charge in [-0.15, -0.1) is 0 Å². The Hall–Kier alpha value is -3.02. The fourth-order valence-corrected chi connectivity index (χ4v) is 6.01. The van der Waals surface area contributed by atoms with Crippen molar-refractivity contribution in [3.63, 3.8) is 0 Å². The highest BCUT2D eigenvalue weighted by Crippen LogP contribution is 2.58. The lowest BCUT2D eigenvalue weighted by Crippen LogP contribution is -2.70. The Labute approximate surface area is 182 Å². The molecule has 6 heteroatoms. The molecule has 0 saturated heterocycles. The molecule has 3 N–H and O–H groups in total. The van der Waals surface area contributed by atoms with E-state index in [0.29, 0.717) is 12.1 Å². The SMILES string of the molecule is COc1ccccc1CNC(=O)[C@H]1C[C@H]2CC[C@@]1(C)C[C@]21NC(=O)c2ccccc2N1. The number of carbonyl (C=O) groups excluding carboxylic acids is 2. The van der Waals surface area contributed by atoms with Crippen molar-refractivity contribution in [1.29, 1.82) is 0 Å². The summed E-state index contributed by atoms with van der Waals surface area (Å²) in [6.45, 7) is 2.65. The lowest BCUT2D eigenvalue weighted by Gasteiger charge is -2.60. The molecule has 162 valence electrons. The van der Waals surface area contributed by atoms with Gasteiger partial charge in [0.15, 0.2) is 0 Å². The van der Waals surface area contributed by atoms with Crippen LogP contribution in [0.25, 0.3) is 0 Å². The third-order valence-corrected chi connectivity index (χ3v) is 7.63. The average molecular weight is 420 g/mol. The van der Waals surface area contributed by atoms with E-state index >= 15 is 0 Å². The number of para-hydroxylation sites is 2. The van der Waals surface area contributed by atoms with E-state index in [4.69, 9.17) is 4.74 Å². The van der Waals surface area contributed by atoms with E-state index in [1.807, 2.05) is 48.5 Å². The molecule has 0 unspecified atom stereocenters. The molecule has 3 fully saturated rings. The number of hydrogen-bond acceptors (Lipinski definition) is 4. The lowest BCUT2D eigenvalue weighted by molar-refractivity contribution is -0.139. The second-order valence-corrected chi connectivity index (χ2v) is 9.48. The number of fused-ring (bicyclic) bond motifs is 3. The molecule has 6 rings (SSSR count). The van der Waals surface area contributed by atoms with Crippen molar-refractivity contribution in [2.24, 2.45) is 17.3 Å². The topological polar surface area (TPSA) is 79.5 Å². The molecule has 3 saturated carbocycles. The first kappa shape index (κ1) is 19.9. The monoisotopic (exact) mass is 419 g/mol. The predicted molar refractivity (Wildman–Crippen MR) is 119 cm³/mol. The van der Waals surface area contributed by atoms with Crippen molar-refractivity contribution in [3.8, 4) is 5.75 Å². The van der Waals surface area contributed by atoms with Gasteiger partial charge in [-0.1, -0.05) is 37.3 Å². The number of anilines is 1. The largest absolute Gasteiger partial charge is 0.496 e. The fraction of sp³-hybridized carbons (Fsp3) is 0.440. The van der Waals surface area contributed by atoms with E-state index in [1.54, 1.807) is 7.11 Å². The molecule has 2 aromatic carbocycles. The van der Waals surface area contributed by atoms with Crippen LogP contribution >= 0.6 is 0 Å². The zero-order chi connectivity index (χ0) is 21.6. The third-order valence-electron chi connectivity index (χ3n) is 7.63. The molecule has 0 aromatic heterocycles. The highest BCUT2D eigenvalue weighted by molar-refractivity contribution is 6.02. The Morgan fingerprint density at radius 1 is 1.16 bits per heavy atom. The van der Waals surface area contributed by atoms with E-state index in [0.717, 1.165) is 42.7 Å². The summed E-state index contributed by atoms with van der Waals surface area (Å²) < 4.78 is 5.41. The van der Waals surface area contributed by atoms with Crippen LogP contribution in [0, 0.1) is 17.3 Å². The Morgan fingerprint density at radius 3 is 2.74 bits per heavy atom. The van der Waals surface area contributed by atoms with Gasteiger partial charge < -0.3 is 20.7 Å². The van der Waals surface area contributed by atoms with Gasteiger partial charge in [-0.25, -0.2) is 0 Å². The zero-order valence-electron chi connectivity index (χ0n) is 18.0. The van der Waals surface area contributed by atoms with Crippen molar-refractivity contribution in [2.45, 2.75) is 44.8 Å². The molecule has 1 heterocycles. The second-order valence-electron chi connectivity index (χ2n) is 9.48. The van der Waals surface area contributed by atoms with Crippen LogP contribution in [0.4, 0.5) is 5.69 Å². The lowest BCUT2D eigenvalue weighted by atomic mass is 9.51. The average Bonchev–Trinajstić information content (AvgIpc) is 2.77. The predicted octanol–water partition coefficient (Wildman–Crippen LogP) is 3.69. The minimum atomic E-state index is -0.474. The molecule has 3 aliphatic carbocycles. The van der Waals surface area contributed by atoms with Crippen LogP contribution in [0.5, 0.6) is 5.75 Å². The van der Waals surface area contributed by atoms with Crippen LogP contribution in [0.15, 0.2) is 48.5 Å². The van der Waals surface area contributed by atoms with Gasteiger partial charge in [0, 0.05) is 29.6 Å². The van der Waals surface area contributed by atoms with Crippen LogP contribution in [-0.2, 0) is 11.3 Å². The molecule has 1 spiro atoms. The summed E-state index contributed by atoms with van der Waals surface area (Å²) in [6.07, 6.45) is 3.51. The number of hydrogen-bond donors (Lipinski definition) is 3. The van der Waals surface area contributed by atoms with Gasteiger partial charge in [-0.2, -0.15) is 0 Å². The molecule has 2 bridgehead atoms. The molecule has 31 heavy (non-hydrogen) atoms. The number of nitrogens with one attached hydrogen (secondary N) is 3. The molecule has 4 aliphatic rings. The van der Waals surface area contributed by atoms with Gasteiger partial charge in [-0.05, 0) is 49.3 Å². The Kier molecular flexibility index (Phi) is 4.68. The maximum Gasteiger partial charge on any atom is 0.255 e. The molecular formula is C25H29N3O3. The second kappa shape index (κ2) is 7.29. The smallest absolute Gasteiger partial charge is 0.255 e. The molecular weight excluding hydrogens is 390 g/mol. The normalized spacial score (nSPS) is 30.8. The fourth-order valence-electron chi connectivity index (χ4n) is 6.01. The summed E-state index contributed by atoms with van der Waals surface area (Å²) in [7, 11) is 1.64. The van der Waals surface area contributed by atoms with Crippen molar-refractivity contribution < 1.29 is 14.3 Å². The summed E-state index contributed by atoms with van der Waals surface area (Å²) in [4.78, 5) is 26.1. The van der Waals surface area contributed by atoms with Crippen molar-refractivity contribution in [1.82, 2.24) is 10.6 Å². The van der Waals surface area contributed by atoms with Gasteiger partial charge in [0.05, 0.1) is 12.7 Å². The minimum Gasteiger partial charge on any atom is -0.496 e. The van der Waals surface area contributed by atoms with Gasteiger partial charge in [0.2, 0.25) is 5.91 Å². The molecule has 2 aromatic rings. The highest BCUT2D eigenvalue weighted by Gasteiger charge is 2.60.